The molecule has 3 heterocycles. The van der Waals surface area contributed by atoms with Gasteiger partial charge in [0.2, 0.25) is 0 Å². The predicted octanol–water partition coefficient (Wildman–Crippen LogP) is 2.85. The van der Waals surface area contributed by atoms with E-state index < -0.39 is 0 Å². The maximum Gasteiger partial charge on any atom is 0.191 e. The molecule has 9 heteroatoms. The fraction of sp³-hybridized carbons (Fsp3) is 0.238. The molecule has 30 heavy (non-hydrogen) atoms. The molecule has 4 aromatic rings. The maximum atomic E-state index is 4.76. The van der Waals surface area contributed by atoms with E-state index in [1.807, 2.05) is 57.9 Å². The highest BCUT2D eigenvalue weighted by Gasteiger charge is 2.07. The second-order valence-electron chi connectivity index (χ2n) is 6.57. The van der Waals surface area contributed by atoms with Crippen LogP contribution in [0.1, 0.15) is 23.9 Å². The Labute approximate surface area is 192 Å². The highest BCUT2D eigenvalue weighted by molar-refractivity contribution is 14.0. The lowest BCUT2D eigenvalue weighted by atomic mass is 10.1. The summed E-state index contributed by atoms with van der Waals surface area (Å²) in [5.41, 5.74) is 3.21. The number of pyridine rings is 1. The van der Waals surface area contributed by atoms with Crippen LogP contribution in [0, 0.1) is 0 Å². The van der Waals surface area contributed by atoms with Gasteiger partial charge in [-0.3, -0.25) is 9.08 Å². The summed E-state index contributed by atoms with van der Waals surface area (Å²) in [5.74, 6) is 1.58. The van der Waals surface area contributed by atoms with Gasteiger partial charge in [0.25, 0.3) is 0 Å². The molecule has 1 aromatic carbocycles. The average Bonchev–Trinajstić information content (AvgIpc) is 3.41. The zero-order valence-electron chi connectivity index (χ0n) is 16.8. The molecule has 4 rings (SSSR count). The van der Waals surface area contributed by atoms with Gasteiger partial charge in [0.1, 0.15) is 0 Å². The Balaban J connectivity index is 0.00000256. The molecule has 0 aliphatic rings. The second-order valence-corrected chi connectivity index (χ2v) is 6.57. The Hall–Kier alpha value is -2.95. The largest absolute Gasteiger partial charge is 0.357 e. The van der Waals surface area contributed by atoms with Crippen LogP contribution in [-0.4, -0.2) is 36.9 Å². The maximum absolute atomic E-state index is 4.76. The Kier molecular flexibility index (Phi) is 7.77. The first-order valence-electron chi connectivity index (χ1n) is 9.68. The quantitative estimate of drug-likeness (QED) is 0.224. The average molecular weight is 516 g/mol. The first kappa shape index (κ1) is 21.8. The number of benzene rings is 1. The number of rotatable bonds is 7. The molecule has 2 N–H and O–H groups in total. The smallest absolute Gasteiger partial charge is 0.191 e. The first-order chi connectivity index (χ1) is 14.3. The number of fused-ring (bicyclic) bond motifs is 1. The Bertz CT molecular complexity index is 1090. The number of nitrogens with zero attached hydrogens (tertiary/aromatic N) is 6. The molecule has 8 nitrogen and oxygen atoms in total. The van der Waals surface area contributed by atoms with E-state index in [4.69, 9.17) is 4.99 Å². The summed E-state index contributed by atoms with van der Waals surface area (Å²) < 4.78 is 3.89. The number of hydrogen-bond donors (Lipinski definition) is 2. The van der Waals surface area contributed by atoms with Crippen LogP contribution in [0.25, 0.3) is 5.65 Å². The topological polar surface area (TPSA) is 84.4 Å². The molecule has 0 amide bonds. The van der Waals surface area contributed by atoms with E-state index in [-0.39, 0.29) is 24.0 Å². The third-order valence-corrected chi connectivity index (χ3v) is 4.56. The molecule has 0 radical (unpaired) electrons. The van der Waals surface area contributed by atoms with Crippen LogP contribution >= 0.6 is 24.0 Å². The van der Waals surface area contributed by atoms with E-state index in [2.05, 4.69) is 45.0 Å². The van der Waals surface area contributed by atoms with Gasteiger partial charge in [0.05, 0.1) is 19.6 Å². The third kappa shape index (κ3) is 5.35. The number of guanidine groups is 1. The molecule has 0 fully saturated rings. The van der Waals surface area contributed by atoms with Gasteiger partial charge in [-0.15, -0.1) is 34.2 Å². The molecular weight excluding hydrogens is 491 g/mol. The fourth-order valence-corrected chi connectivity index (χ4v) is 3.11. The van der Waals surface area contributed by atoms with Crippen molar-refractivity contribution < 1.29 is 0 Å². The molecular formula is C21H25IN8. The van der Waals surface area contributed by atoms with E-state index in [1.54, 1.807) is 6.20 Å². The Morgan fingerprint density at radius 2 is 1.80 bits per heavy atom. The van der Waals surface area contributed by atoms with Crippen molar-refractivity contribution in [3.63, 3.8) is 0 Å². The van der Waals surface area contributed by atoms with Crippen LogP contribution in [0.15, 0.2) is 72.1 Å². The molecule has 0 bridgehead atoms. The number of aromatic nitrogens is 5. The molecule has 0 atom stereocenters. The molecule has 0 aliphatic heterocycles. The molecule has 0 aliphatic carbocycles. The molecule has 0 saturated heterocycles. The summed E-state index contributed by atoms with van der Waals surface area (Å²) >= 11 is 0. The number of aliphatic imine (C=N–C) groups is 1. The molecule has 0 spiro atoms. The van der Waals surface area contributed by atoms with Crippen molar-refractivity contribution >= 4 is 35.6 Å². The van der Waals surface area contributed by atoms with Crippen LogP contribution in [0.5, 0.6) is 0 Å². The summed E-state index contributed by atoms with van der Waals surface area (Å²) in [6.45, 7) is 4.67. The summed E-state index contributed by atoms with van der Waals surface area (Å²) in [5, 5.41) is 19.4. The van der Waals surface area contributed by atoms with Gasteiger partial charge in [-0.2, -0.15) is 5.10 Å². The van der Waals surface area contributed by atoms with Crippen LogP contribution < -0.4 is 10.6 Å². The van der Waals surface area contributed by atoms with Crippen LogP contribution in [0.4, 0.5) is 0 Å². The van der Waals surface area contributed by atoms with Gasteiger partial charge < -0.3 is 10.6 Å². The number of nitrogens with one attached hydrogen (secondary N) is 2. The van der Waals surface area contributed by atoms with Crippen LogP contribution in [0.2, 0.25) is 0 Å². The molecule has 156 valence electrons. The van der Waals surface area contributed by atoms with Gasteiger partial charge in [0, 0.05) is 25.1 Å². The minimum atomic E-state index is 0. The minimum absolute atomic E-state index is 0. The summed E-state index contributed by atoms with van der Waals surface area (Å²) in [7, 11) is 0. The van der Waals surface area contributed by atoms with Crippen molar-refractivity contribution in [2.45, 2.75) is 26.6 Å². The number of halogens is 1. The standard InChI is InChI=1S/C21H24N8.HI/c1-2-22-21(24-15-20-27-26-19-10-5-6-13-29(19)20)23-14-17-8-3-4-9-18(17)16-28-12-7-11-25-28;/h3-13H,2,14-16H2,1H3,(H2,22,23,24);1H. The van der Waals surface area contributed by atoms with E-state index in [0.29, 0.717) is 13.1 Å². The van der Waals surface area contributed by atoms with E-state index in [0.717, 1.165) is 30.5 Å². The molecule has 3 aromatic heterocycles. The Morgan fingerprint density at radius 1 is 0.967 bits per heavy atom. The van der Waals surface area contributed by atoms with Gasteiger partial charge in [-0.1, -0.05) is 30.3 Å². The van der Waals surface area contributed by atoms with Crippen molar-refractivity contribution in [3.05, 3.63) is 84.1 Å². The van der Waals surface area contributed by atoms with E-state index in [9.17, 15) is 0 Å². The lowest BCUT2D eigenvalue weighted by Gasteiger charge is -2.12. The van der Waals surface area contributed by atoms with E-state index >= 15 is 0 Å². The SMILES string of the molecule is CCNC(=NCc1ccccc1Cn1cccn1)NCc1nnc2ccccn12.I. The zero-order chi connectivity index (χ0) is 19.9. The fourth-order valence-electron chi connectivity index (χ4n) is 3.11. The molecule has 0 unspecified atom stereocenters. The van der Waals surface area contributed by atoms with Gasteiger partial charge >= 0.3 is 0 Å². The van der Waals surface area contributed by atoms with E-state index in [1.165, 1.54) is 11.1 Å². The van der Waals surface area contributed by atoms with Gasteiger partial charge in [0.15, 0.2) is 17.4 Å². The Morgan fingerprint density at radius 3 is 2.60 bits per heavy atom. The highest BCUT2D eigenvalue weighted by atomic mass is 127. The summed E-state index contributed by atoms with van der Waals surface area (Å²) in [6.07, 6.45) is 5.72. The van der Waals surface area contributed by atoms with Crippen molar-refractivity contribution in [3.8, 4) is 0 Å². The second kappa shape index (κ2) is 10.7. The van der Waals surface area contributed by atoms with Crippen molar-refractivity contribution in [1.29, 1.82) is 0 Å². The van der Waals surface area contributed by atoms with Gasteiger partial charge in [-0.05, 0) is 36.2 Å². The summed E-state index contributed by atoms with van der Waals surface area (Å²) in [6, 6.07) is 16.1. The number of hydrogen-bond acceptors (Lipinski definition) is 4. The lowest BCUT2D eigenvalue weighted by Crippen LogP contribution is -2.37. The van der Waals surface area contributed by atoms with Crippen molar-refractivity contribution in [2.75, 3.05) is 6.54 Å². The predicted molar refractivity (Wildman–Crippen MR) is 128 cm³/mol. The first-order valence-corrected chi connectivity index (χ1v) is 9.68. The van der Waals surface area contributed by atoms with Crippen LogP contribution in [0.3, 0.4) is 0 Å². The molecule has 0 saturated carbocycles. The van der Waals surface area contributed by atoms with Crippen LogP contribution in [-0.2, 0) is 19.6 Å². The third-order valence-electron chi connectivity index (χ3n) is 4.56. The van der Waals surface area contributed by atoms with Crippen molar-refractivity contribution in [1.82, 2.24) is 35.0 Å². The lowest BCUT2D eigenvalue weighted by molar-refractivity contribution is 0.680. The minimum Gasteiger partial charge on any atom is -0.357 e. The monoisotopic (exact) mass is 516 g/mol. The van der Waals surface area contributed by atoms with Gasteiger partial charge in [-0.25, -0.2) is 4.99 Å². The van der Waals surface area contributed by atoms with Crippen molar-refractivity contribution in [2.24, 2.45) is 4.99 Å². The normalized spacial score (nSPS) is 11.3. The summed E-state index contributed by atoms with van der Waals surface area (Å²) in [4.78, 5) is 4.76. The highest BCUT2D eigenvalue weighted by Crippen LogP contribution is 2.12. The zero-order valence-corrected chi connectivity index (χ0v) is 19.1.